The Labute approximate surface area is 265 Å². The maximum atomic E-state index is 13.2. The lowest BCUT2D eigenvalue weighted by Gasteiger charge is -2.40. The molecule has 1 unspecified atom stereocenters. The Bertz CT molecular complexity index is 1550. The number of unbranched alkanes of at least 4 members (excludes halogenated alkanes) is 1. The third-order valence-electron chi connectivity index (χ3n) is 8.26. The largest absolute Gasteiger partial charge is 0.339 e. The van der Waals surface area contributed by atoms with Crippen LogP contribution in [0, 0.1) is 13.8 Å². The molecule has 0 spiro atoms. The predicted molar refractivity (Wildman–Crippen MR) is 178 cm³/mol. The summed E-state index contributed by atoms with van der Waals surface area (Å²) in [5.41, 5.74) is 6.42. The lowest BCUT2D eigenvalue weighted by atomic mass is 10.0. The van der Waals surface area contributed by atoms with Crippen LogP contribution < -0.4 is 0 Å². The van der Waals surface area contributed by atoms with Crippen LogP contribution >= 0.6 is 11.8 Å². The molecule has 4 aromatic rings. The van der Waals surface area contributed by atoms with Crippen molar-refractivity contribution >= 4 is 23.6 Å². The lowest BCUT2D eigenvalue weighted by molar-refractivity contribution is -0.133. The molecule has 230 valence electrons. The summed E-state index contributed by atoms with van der Waals surface area (Å²) in [5, 5.41) is 9.91. The monoisotopic (exact) mass is 609 g/mol. The average molecular weight is 610 g/mol. The first-order chi connectivity index (χ1) is 21.3. The average Bonchev–Trinajstić information content (AvgIpc) is 3.46. The van der Waals surface area contributed by atoms with Crippen molar-refractivity contribution in [3.05, 3.63) is 95.1 Å². The molecule has 3 aromatic carbocycles. The Kier molecular flexibility index (Phi) is 10.5. The molecule has 0 saturated carbocycles. The molecule has 0 N–H and O–H groups in total. The Morgan fingerprint density at radius 2 is 1.55 bits per heavy atom. The van der Waals surface area contributed by atoms with Crippen LogP contribution in [-0.2, 0) is 11.2 Å². The highest BCUT2D eigenvalue weighted by Crippen LogP contribution is 2.29. The summed E-state index contributed by atoms with van der Waals surface area (Å²) in [4.78, 5) is 30.2. The standard InChI is InChI=1S/C36H43N5O2S/c1-5-6-8-29-14-18-31(19-15-29)35(43)40-23-22-39(25-28(40)4)33(42)9-7-24-44-36-38-37-34(30-16-10-26(2)11-17-30)41(36)32-20-12-27(3)13-21-32/h10-21,28H,5-9,22-25H2,1-4H3. The van der Waals surface area contributed by atoms with E-state index >= 15 is 0 Å². The summed E-state index contributed by atoms with van der Waals surface area (Å²) < 4.78 is 2.10. The van der Waals surface area contributed by atoms with Crippen LogP contribution in [-0.4, -0.2) is 67.8 Å². The second kappa shape index (κ2) is 14.7. The van der Waals surface area contributed by atoms with Gasteiger partial charge in [-0.1, -0.05) is 84.8 Å². The molecule has 44 heavy (non-hydrogen) atoms. The van der Waals surface area contributed by atoms with Crippen molar-refractivity contribution in [1.29, 1.82) is 0 Å². The van der Waals surface area contributed by atoms with Crippen molar-refractivity contribution in [3.8, 4) is 17.1 Å². The van der Waals surface area contributed by atoms with Gasteiger partial charge in [0.1, 0.15) is 0 Å². The third-order valence-corrected chi connectivity index (χ3v) is 9.28. The van der Waals surface area contributed by atoms with Crippen molar-refractivity contribution in [1.82, 2.24) is 24.6 Å². The van der Waals surface area contributed by atoms with E-state index < -0.39 is 0 Å². The molecule has 5 rings (SSSR count). The molecule has 0 bridgehead atoms. The Balaban J connectivity index is 1.15. The van der Waals surface area contributed by atoms with E-state index in [1.165, 1.54) is 16.7 Å². The Morgan fingerprint density at radius 3 is 2.20 bits per heavy atom. The zero-order valence-electron chi connectivity index (χ0n) is 26.3. The van der Waals surface area contributed by atoms with Gasteiger partial charge in [-0.15, -0.1) is 10.2 Å². The van der Waals surface area contributed by atoms with Crippen molar-refractivity contribution in [2.75, 3.05) is 25.4 Å². The number of nitrogens with zero attached hydrogens (tertiary/aromatic N) is 5. The van der Waals surface area contributed by atoms with E-state index in [2.05, 4.69) is 96.2 Å². The first kappa shape index (κ1) is 31.5. The molecular formula is C36H43N5O2S. The number of carbonyl (C=O) groups excluding carboxylic acids is 2. The number of piperazine rings is 1. The minimum absolute atomic E-state index is 0.0254. The minimum Gasteiger partial charge on any atom is -0.339 e. The number of rotatable bonds is 11. The smallest absolute Gasteiger partial charge is 0.254 e. The van der Waals surface area contributed by atoms with E-state index in [9.17, 15) is 9.59 Å². The zero-order chi connectivity index (χ0) is 31.1. The molecule has 7 nitrogen and oxygen atoms in total. The number of aromatic nitrogens is 3. The fourth-order valence-electron chi connectivity index (χ4n) is 5.57. The van der Waals surface area contributed by atoms with Crippen LogP contribution in [0.1, 0.15) is 66.6 Å². The summed E-state index contributed by atoms with van der Waals surface area (Å²) in [7, 11) is 0. The van der Waals surface area contributed by atoms with Crippen molar-refractivity contribution in [2.45, 2.75) is 71.0 Å². The number of thioether (sulfide) groups is 1. The Morgan fingerprint density at radius 1 is 0.864 bits per heavy atom. The van der Waals surface area contributed by atoms with E-state index in [4.69, 9.17) is 0 Å². The first-order valence-electron chi connectivity index (χ1n) is 15.7. The molecule has 1 aliphatic rings. The van der Waals surface area contributed by atoms with Crippen LogP contribution in [0.2, 0.25) is 0 Å². The van der Waals surface area contributed by atoms with E-state index in [-0.39, 0.29) is 17.9 Å². The number of carbonyl (C=O) groups is 2. The van der Waals surface area contributed by atoms with E-state index in [0.29, 0.717) is 26.1 Å². The maximum absolute atomic E-state index is 13.2. The van der Waals surface area contributed by atoms with Gasteiger partial charge < -0.3 is 9.80 Å². The van der Waals surface area contributed by atoms with Gasteiger partial charge >= 0.3 is 0 Å². The Hall–Kier alpha value is -3.91. The summed E-state index contributed by atoms with van der Waals surface area (Å²) in [6.45, 7) is 10.1. The molecule has 1 aromatic heterocycles. The van der Waals surface area contributed by atoms with Gasteiger partial charge in [0.25, 0.3) is 5.91 Å². The van der Waals surface area contributed by atoms with Gasteiger partial charge in [0.15, 0.2) is 11.0 Å². The van der Waals surface area contributed by atoms with Gasteiger partial charge in [0, 0.05) is 54.7 Å². The number of hydrogen-bond acceptors (Lipinski definition) is 5. The molecular weight excluding hydrogens is 566 g/mol. The molecule has 1 saturated heterocycles. The number of benzene rings is 3. The van der Waals surface area contributed by atoms with Crippen LogP contribution in [0.3, 0.4) is 0 Å². The van der Waals surface area contributed by atoms with Crippen molar-refractivity contribution in [2.24, 2.45) is 0 Å². The van der Waals surface area contributed by atoms with Crippen LogP contribution in [0.15, 0.2) is 78.0 Å². The summed E-state index contributed by atoms with van der Waals surface area (Å²) in [6.07, 6.45) is 4.57. The van der Waals surface area contributed by atoms with E-state index in [0.717, 1.165) is 59.2 Å². The second-order valence-corrected chi connectivity index (χ2v) is 12.8. The minimum atomic E-state index is -0.0254. The van der Waals surface area contributed by atoms with Gasteiger partial charge in [0.05, 0.1) is 0 Å². The number of aryl methyl sites for hydroxylation is 3. The maximum Gasteiger partial charge on any atom is 0.254 e. The molecule has 8 heteroatoms. The van der Waals surface area contributed by atoms with Gasteiger partial charge in [-0.25, -0.2) is 0 Å². The lowest BCUT2D eigenvalue weighted by Crippen LogP contribution is -2.55. The normalized spacial score (nSPS) is 15.0. The summed E-state index contributed by atoms with van der Waals surface area (Å²) >= 11 is 1.63. The highest BCUT2D eigenvalue weighted by Gasteiger charge is 2.30. The van der Waals surface area contributed by atoms with Gasteiger partial charge in [-0.05, 0) is 69.9 Å². The fraction of sp³-hybridized carbons (Fsp3) is 0.389. The van der Waals surface area contributed by atoms with Gasteiger partial charge in [0.2, 0.25) is 5.91 Å². The van der Waals surface area contributed by atoms with Gasteiger partial charge in [-0.3, -0.25) is 14.2 Å². The van der Waals surface area contributed by atoms with E-state index in [1.807, 2.05) is 28.9 Å². The van der Waals surface area contributed by atoms with Crippen molar-refractivity contribution < 1.29 is 9.59 Å². The van der Waals surface area contributed by atoms with Crippen molar-refractivity contribution in [3.63, 3.8) is 0 Å². The highest BCUT2D eigenvalue weighted by molar-refractivity contribution is 7.99. The molecule has 1 atom stereocenters. The molecule has 0 aliphatic carbocycles. The molecule has 0 radical (unpaired) electrons. The van der Waals surface area contributed by atoms with Crippen LogP contribution in [0.5, 0.6) is 0 Å². The second-order valence-electron chi connectivity index (χ2n) is 11.8. The predicted octanol–water partition coefficient (Wildman–Crippen LogP) is 7.14. The quantitative estimate of drug-likeness (QED) is 0.134. The molecule has 1 fully saturated rings. The topological polar surface area (TPSA) is 71.3 Å². The SMILES string of the molecule is CCCCc1ccc(C(=O)N2CCN(C(=O)CCCSc3nnc(-c4ccc(C)cc4)n3-c3ccc(C)cc3)CC2C)cc1. The molecule has 2 amide bonds. The molecule has 1 aliphatic heterocycles. The van der Waals surface area contributed by atoms with Crippen LogP contribution in [0.25, 0.3) is 17.1 Å². The summed E-state index contributed by atoms with van der Waals surface area (Å²) in [5.74, 6) is 1.75. The van der Waals surface area contributed by atoms with Crippen LogP contribution in [0.4, 0.5) is 0 Å². The number of amides is 2. The van der Waals surface area contributed by atoms with E-state index in [1.54, 1.807) is 11.8 Å². The number of hydrogen-bond donors (Lipinski definition) is 0. The van der Waals surface area contributed by atoms with Gasteiger partial charge in [-0.2, -0.15) is 0 Å². The molecule has 2 heterocycles. The first-order valence-corrected chi connectivity index (χ1v) is 16.7. The fourth-order valence-corrected chi connectivity index (χ4v) is 6.46. The third kappa shape index (κ3) is 7.59. The summed E-state index contributed by atoms with van der Waals surface area (Å²) in [6, 6.07) is 24.7. The zero-order valence-corrected chi connectivity index (χ0v) is 27.1. The highest BCUT2D eigenvalue weighted by atomic mass is 32.2.